The zero-order valence-corrected chi connectivity index (χ0v) is 10.9. The average Bonchev–Trinajstić information content (AvgIpc) is 2.31. The Morgan fingerprint density at radius 1 is 1.38 bits per heavy atom. The van der Waals surface area contributed by atoms with Gasteiger partial charge < -0.3 is 9.84 Å². The normalized spacial score (nSPS) is 19.4. The van der Waals surface area contributed by atoms with E-state index in [-0.39, 0.29) is 6.61 Å². The zero-order valence-electron chi connectivity index (χ0n) is 10.1. The van der Waals surface area contributed by atoms with E-state index in [1.807, 2.05) is 26.8 Å². The lowest BCUT2D eigenvalue weighted by atomic mass is 9.93. The van der Waals surface area contributed by atoms with Gasteiger partial charge in [-0.05, 0) is 30.6 Å². The van der Waals surface area contributed by atoms with Crippen molar-refractivity contribution in [1.82, 2.24) is 0 Å². The van der Waals surface area contributed by atoms with Crippen molar-refractivity contribution in [2.24, 2.45) is 0 Å². The van der Waals surface area contributed by atoms with E-state index in [0.717, 1.165) is 40.4 Å². The minimum atomic E-state index is 0.0642. The molecule has 0 unspecified atom stereocenters. The second-order valence-electron chi connectivity index (χ2n) is 3.63. The van der Waals surface area contributed by atoms with Crippen LogP contribution in [0.1, 0.15) is 33.6 Å². The van der Waals surface area contributed by atoms with Crippen molar-refractivity contribution in [2.45, 2.75) is 33.6 Å². The van der Waals surface area contributed by atoms with Crippen LogP contribution in [0.5, 0.6) is 0 Å². The van der Waals surface area contributed by atoms with Crippen LogP contribution in [0.25, 0.3) is 0 Å². The molecule has 0 bridgehead atoms. The van der Waals surface area contributed by atoms with Crippen LogP contribution in [-0.4, -0.2) is 18.3 Å². The molecule has 90 valence electrons. The number of halogens is 1. The van der Waals surface area contributed by atoms with E-state index in [4.69, 9.17) is 16.3 Å². The summed E-state index contributed by atoms with van der Waals surface area (Å²) in [5.74, 6) is 0.976. The lowest BCUT2D eigenvalue weighted by Gasteiger charge is -2.26. The molecule has 2 aliphatic rings. The summed E-state index contributed by atoms with van der Waals surface area (Å²) in [5.41, 5.74) is 3.06. The first-order chi connectivity index (χ1) is 7.72. The Hall–Kier alpha value is -0.730. The molecule has 2 rings (SSSR count). The van der Waals surface area contributed by atoms with Gasteiger partial charge in [-0.1, -0.05) is 25.4 Å². The van der Waals surface area contributed by atoms with Crippen molar-refractivity contribution in [3.63, 3.8) is 0 Å². The molecule has 0 aromatic rings. The fourth-order valence-corrected chi connectivity index (χ4v) is 2.02. The number of aliphatic hydroxyl groups is 1. The Bertz CT molecular complexity index is 347. The monoisotopic (exact) mass is 242 g/mol. The van der Waals surface area contributed by atoms with Gasteiger partial charge in [0.2, 0.25) is 0 Å². The van der Waals surface area contributed by atoms with Crippen LogP contribution < -0.4 is 0 Å². The fourth-order valence-electron chi connectivity index (χ4n) is 1.81. The first kappa shape index (κ1) is 13.3. The summed E-state index contributed by atoms with van der Waals surface area (Å²) >= 11 is 5.97. The van der Waals surface area contributed by atoms with Crippen LogP contribution in [0.4, 0.5) is 0 Å². The van der Waals surface area contributed by atoms with Gasteiger partial charge in [0, 0.05) is 17.0 Å². The molecule has 0 fully saturated rings. The highest BCUT2D eigenvalue weighted by Gasteiger charge is 2.22. The third-order valence-electron chi connectivity index (χ3n) is 2.65. The Morgan fingerprint density at radius 2 is 2.06 bits per heavy atom. The molecule has 0 spiro atoms. The fraction of sp³-hybridized carbons (Fsp3) is 0.538. The number of ether oxygens (including phenoxy) is 1. The van der Waals surface area contributed by atoms with Crippen molar-refractivity contribution < 1.29 is 9.84 Å². The summed E-state index contributed by atoms with van der Waals surface area (Å²) in [6.45, 7) is 6.64. The summed E-state index contributed by atoms with van der Waals surface area (Å²) < 4.78 is 5.58. The number of allylic oxidation sites excluding steroid dienone is 3. The standard InChI is InChI=1S/C11H13ClO2.C2H6/c1-7-6-14-11-3-2-8(12)4-9(11)10(7)5-13;1-2/h4,13H,2-3,5-6H2,1H3;1-2H3. The van der Waals surface area contributed by atoms with E-state index in [2.05, 4.69) is 0 Å². The third kappa shape index (κ3) is 2.69. The second-order valence-corrected chi connectivity index (χ2v) is 4.12. The van der Waals surface area contributed by atoms with E-state index in [0.29, 0.717) is 6.61 Å². The van der Waals surface area contributed by atoms with Crippen molar-refractivity contribution in [2.75, 3.05) is 13.2 Å². The summed E-state index contributed by atoms with van der Waals surface area (Å²) in [4.78, 5) is 0. The Morgan fingerprint density at radius 3 is 2.69 bits per heavy atom. The first-order valence-electron chi connectivity index (χ1n) is 5.74. The lowest BCUT2D eigenvalue weighted by molar-refractivity contribution is 0.213. The summed E-state index contributed by atoms with van der Waals surface area (Å²) in [5, 5.41) is 10.1. The molecule has 1 heterocycles. The van der Waals surface area contributed by atoms with E-state index >= 15 is 0 Å². The number of hydrogen-bond acceptors (Lipinski definition) is 2. The van der Waals surface area contributed by atoms with Crippen LogP contribution in [0.3, 0.4) is 0 Å². The maximum Gasteiger partial charge on any atom is 0.109 e. The molecule has 0 aromatic carbocycles. The van der Waals surface area contributed by atoms with Crippen molar-refractivity contribution in [1.29, 1.82) is 0 Å². The van der Waals surface area contributed by atoms with E-state index in [1.165, 1.54) is 0 Å². The van der Waals surface area contributed by atoms with Gasteiger partial charge in [-0.3, -0.25) is 0 Å². The average molecular weight is 243 g/mol. The lowest BCUT2D eigenvalue weighted by Crippen LogP contribution is -2.14. The van der Waals surface area contributed by atoms with Crippen LogP contribution in [0, 0.1) is 0 Å². The van der Waals surface area contributed by atoms with Crippen molar-refractivity contribution in [3.05, 3.63) is 33.6 Å². The largest absolute Gasteiger partial charge is 0.493 e. The van der Waals surface area contributed by atoms with Gasteiger partial charge in [0.15, 0.2) is 0 Å². The second kappa shape index (κ2) is 6.12. The molecule has 1 N–H and O–H groups in total. The first-order valence-corrected chi connectivity index (χ1v) is 6.12. The molecule has 0 radical (unpaired) electrons. The molecule has 3 heteroatoms. The van der Waals surface area contributed by atoms with Crippen molar-refractivity contribution in [3.8, 4) is 0 Å². The number of rotatable bonds is 1. The van der Waals surface area contributed by atoms with Gasteiger partial charge in [0.05, 0.1) is 6.61 Å². The molecule has 0 amide bonds. The minimum Gasteiger partial charge on any atom is -0.493 e. The molecule has 0 aromatic heterocycles. The molecule has 16 heavy (non-hydrogen) atoms. The Balaban J connectivity index is 0.000000606. The maximum absolute atomic E-state index is 9.27. The summed E-state index contributed by atoms with van der Waals surface area (Å²) in [6.07, 6.45) is 3.61. The highest BCUT2D eigenvalue weighted by molar-refractivity contribution is 6.29. The van der Waals surface area contributed by atoms with Gasteiger partial charge in [-0.15, -0.1) is 0 Å². The minimum absolute atomic E-state index is 0.0642. The van der Waals surface area contributed by atoms with Gasteiger partial charge in [-0.25, -0.2) is 0 Å². The van der Waals surface area contributed by atoms with Crippen LogP contribution in [-0.2, 0) is 4.74 Å². The van der Waals surface area contributed by atoms with E-state index in [9.17, 15) is 5.11 Å². The summed E-state index contributed by atoms with van der Waals surface area (Å²) in [7, 11) is 0. The van der Waals surface area contributed by atoms with Gasteiger partial charge in [-0.2, -0.15) is 0 Å². The van der Waals surface area contributed by atoms with Crippen LogP contribution in [0.15, 0.2) is 33.6 Å². The van der Waals surface area contributed by atoms with E-state index in [1.54, 1.807) is 0 Å². The highest BCUT2D eigenvalue weighted by atomic mass is 35.5. The van der Waals surface area contributed by atoms with Crippen molar-refractivity contribution >= 4 is 11.6 Å². The predicted octanol–water partition coefficient (Wildman–Crippen LogP) is 3.52. The quantitative estimate of drug-likeness (QED) is 0.762. The zero-order chi connectivity index (χ0) is 12.1. The van der Waals surface area contributed by atoms with Crippen LogP contribution >= 0.6 is 11.6 Å². The summed E-state index contributed by atoms with van der Waals surface area (Å²) in [6, 6.07) is 0. The number of aliphatic hydroxyl groups excluding tert-OH is 1. The number of hydrogen-bond donors (Lipinski definition) is 1. The predicted molar refractivity (Wildman–Crippen MR) is 67.3 cm³/mol. The molecule has 2 nitrogen and oxygen atoms in total. The molecule has 0 atom stereocenters. The molecule has 1 aliphatic heterocycles. The molecule has 0 saturated heterocycles. The van der Waals surface area contributed by atoms with Gasteiger partial charge >= 0.3 is 0 Å². The van der Waals surface area contributed by atoms with Gasteiger partial charge in [0.1, 0.15) is 12.4 Å². The third-order valence-corrected chi connectivity index (χ3v) is 2.95. The van der Waals surface area contributed by atoms with E-state index < -0.39 is 0 Å². The van der Waals surface area contributed by atoms with Crippen LogP contribution in [0.2, 0.25) is 0 Å². The topological polar surface area (TPSA) is 29.5 Å². The molecular formula is C13H19ClO2. The Labute approximate surface area is 102 Å². The molecule has 1 aliphatic carbocycles. The van der Waals surface area contributed by atoms with Gasteiger partial charge in [0.25, 0.3) is 0 Å². The Kier molecular flexibility index (Phi) is 5.10. The SMILES string of the molecule is CC.CC1=C(CO)C2=C(CCC(Cl)=C2)OC1. The molecule has 0 saturated carbocycles. The maximum atomic E-state index is 9.27. The highest BCUT2D eigenvalue weighted by Crippen LogP contribution is 2.35. The molecular weight excluding hydrogens is 224 g/mol. The smallest absolute Gasteiger partial charge is 0.109 e.